The van der Waals surface area contributed by atoms with Gasteiger partial charge in [0, 0.05) is 44.1 Å². The fourth-order valence-corrected chi connectivity index (χ4v) is 4.11. The van der Waals surface area contributed by atoms with E-state index in [-0.39, 0.29) is 35.3 Å². The zero-order chi connectivity index (χ0) is 20.0. The van der Waals surface area contributed by atoms with Gasteiger partial charge in [-0.3, -0.25) is 9.79 Å². The molecule has 1 heterocycles. The number of likely N-dealkylation sites (tertiary alicyclic amines) is 1. The molecule has 0 aromatic heterocycles. The Bertz CT molecular complexity index is 698. The van der Waals surface area contributed by atoms with Crippen LogP contribution < -0.4 is 15.4 Å². The highest BCUT2D eigenvalue weighted by Crippen LogP contribution is 2.51. The molecule has 2 aliphatic rings. The lowest BCUT2D eigenvalue weighted by Crippen LogP contribution is -2.46. The maximum absolute atomic E-state index is 11.6. The van der Waals surface area contributed by atoms with Crippen molar-refractivity contribution in [2.24, 2.45) is 10.9 Å². The summed E-state index contributed by atoms with van der Waals surface area (Å²) >= 11 is 0. The summed E-state index contributed by atoms with van der Waals surface area (Å²) in [7, 11) is 3.45. The van der Waals surface area contributed by atoms with E-state index >= 15 is 0 Å². The van der Waals surface area contributed by atoms with Gasteiger partial charge >= 0.3 is 0 Å². The van der Waals surface area contributed by atoms with Crippen molar-refractivity contribution in [1.29, 1.82) is 0 Å². The number of guanidine groups is 1. The molecule has 6 nitrogen and oxygen atoms in total. The van der Waals surface area contributed by atoms with Gasteiger partial charge in [-0.15, -0.1) is 24.0 Å². The molecule has 162 valence electrons. The monoisotopic (exact) mass is 514 g/mol. The predicted octanol–water partition coefficient (Wildman–Crippen LogP) is 3.16. The van der Waals surface area contributed by atoms with Crippen LogP contribution >= 0.6 is 24.0 Å². The highest BCUT2D eigenvalue weighted by atomic mass is 127. The van der Waals surface area contributed by atoms with E-state index in [4.69, 9.17) is 9.73 Å². The van der Waals surface area contributed by atoms with Crippen LogP contribution in [0.15, 0.2) is 29.3 Å². The molecular weight excluding hydrogens is 479 g/mol. The van der Waals surface area contributed by atoms with Crippen LogP contribution in [0.3, 0.4) is 0 Å². The summed E-state index contributed by atoms with van der Waals surface area (Å²) in [5.74, 6) is 2.59. The second-order valence-corrected chi connectivity index (χ2v) is 7.96. The number of hydrogen-bond donors (Lipinski definition) is 2. The van der Waals surface area contributed by atoms with Crippen LogP contribution in [0.2, 0.25) is 0 Å². The first-order valence-electron chi connectivity index (χ1n) is 10.5. The maximum atomic E-state index is 11.6. The SMILES string of the molecule is CCNC(=NCC1(c2ccccc2OC)CC1)N1CCC(CC(=O)NC)CC1.I. The van der Waals surface area contributed by atoms with Crippen molar-refractivity contribution in [3.05, 3.63) is 29.8 Å². The molecule has 0 bridgehead atoms. The van der Waals surface area contributed by atoms with Crippen LogP contribution in [0.25, 0.3) is 0 Å². The fourth-order valence-electron chi connectivity index (χ4n) is 4.11. The number of nitrogens with zero attached hydrogens (tertiary/aromatic N) is 2. The zero-order valence-corrected chi connectivity index (χ0v) is 20.2. The van der Waals surface area contributed by atoms with Gasteiger partial charge in [-0.05, 0) is 44.6 Å². The topological polar surface area (TPSA) is 66.0 Å². The molecule has 1 amide bonds. The van der Waals surface area contributed by atoms with Crippen LogP contribution in [0.5, 0.6) is 5.75 Å². The summed E-state index contributed by atoms with van der Waals surface area (Å²) in [6.45, 7) is 5.66. The van der Waals surface area contributed by atoms with Gasteiger partial charge in [0.15, 0.2) is 5.96 Å². The number of rotatable bonds is 7. The van der Waals surface area contributed by atoms with Crippen LogP contribution in [0, 0.1) is 5.92 Å². The van der Waals surface area contributed by atoms with Crippen LogP contribution in [0.4, 0.5) is 0 Å². The number of hydrogen-bond acceptors (Lipinski definition) is 3. The third-order valence-corrected chi connectivity index (χ3v) is 6.07. The Hall–Kier alpha value is -1.51. The van der Waals surface area contributed by atoms with Crippen LogP contribution in [-0.4, -0.2) is 57.1 Å². The molecule has 0 spiro atoms. The first kappa shape index (κ1) is 23.8. The molecule has 1 aromatic rings. The summed E-state index contributed by atoms with van der Waals surface area (Å²) < 4.78 is 5.59. The molecule has 0 unspecified atom stereocenters. The van der Waals surface area contributed by atoms with Crippen molar-refractivity contribution in [1.82, 2.24) is 15.5 Å². The second kappa shape index (κ2) is 11.0. The Morgan fingerprint density at radius 2 is 1.97 bits per heavy atom. The molecule has 2 fully saturated rings. The molecule has 2 N–H and O–H groups in total. The van der Waals surface area contributed by atoms with Crippen LogP contribution in [-0.2, 0) is 10.2 Å². The number of nitrogens with one attached hydrogen (secondary N) is 2. The first-order chi connectivity index (χ1) is 13.6. The third kappa shape index (κ3) is 5.99. The summed E-state index contributed by atoms with van der Waals surface area (Å²) in [5.41, 5.74) is 1.39. The normalized spacial score (nSPS) is 18.6. The van der Waals surface area contributed by atoms with E-state index in [0.29, 0.717) is 12.3 Å². The van der Waals surface area contributed by atoms with E-state index < -0.39 is 0 Å². The second-order valence-electron chi connectivity index (χ2n) is 7.96. The molecule has 1 saturated carbocycles. The molecule has 1 aliphatic heterocycles. The Labute approximate surface area is 191 Å². The number of para-hydroxylation sites is 1. The number of carbonyl (C=O) groups excluding carboxylic acids is 1. The molecular formula is C22H35IN4O2. The Morgan fingerprint density at radius 1 is 1.28 bits per heavy atom. The average Bonchev–Trinajstić information content (AvgIpc) is 3.52. The number of ether oxygens (including phenoxy) is 1. The van der Waals surface area contributed by atoms with Gasteiger partial charge in [-0.1, -0.05) is 18.2 Å². The largest absolute Gasteiger partial charge is 0.496 e. The molecule has 1 aliphatic carbocycles. The van der Waals surface area contributed by atoms with Crippen LogP contribution in [0.1, 0.15) is 44.6 Å². The molecule has 29 heavy (non-hydrogen) atoms. The lowest BCUT2D eigenvalue weighted by molar-refractivity contribution is -0.121. The predicted molar refractivity (Wildman–Crippen MR) is 128 cm³/mol. The van der Waals surface area contributed by atoms with Crippen molar-refractivity contribution in [3.8, 4) is 5.75 Å². The molecule has 1 saturated heterocycles. The van der Waals surface area contributed by atoms with Gasteiger partial charge in [0.2, 0.25) is 5.91 Å². The first-order valence-corrected chi connectivity index (χ1v) is 10.5. The van der Waals surface area contributed by atoms with E-state index in [1.54, 1.807) is 14.2 Å². The van der Waals surface area contributed by atoms with Gasteiger partial charge in [0.25, 0.3) is 0 Å². The van der Waals surface area contributed by atoms with Gasteiger partial charge < -0.3 is 20.3 Å². The molecule has 7 heteroatoms. The summed E-state index contributed by atoms with van der Waals surface area (Å²) in [4.78, 5) is 19.0. The quantitative estimate of drug-likeness (QED) is 0.334. The highest BCUT2D eigenvalue weighted by molar-refractivity contribution is 14.0. The van der Waals surface area contributed by atoms with Crippen molar-refractivity contribution in [3.63, 3.8) is 0 Å². The number of carbonyl (C=O) groups is 1. The summed E-state index contributed by atoms with van der Waals surface area (Å²) in [6.07, 6.45) is 5.02. The number of halogens is 1. The van der Waals surface area contributed by atoms with Gasteiger partial charge in [0.05, 0.1) is 13.7 Å². The van der Waals surface area contributed by atoms with Crippen molar-refractivity contribution in [2.45, 2.75) is 44.4 Å². The summed E-state index contributed by atoms with van der Waals surface area (Å²) in [6, 6.07) is 8.33. The maximum Gasteiger partial charge on any atom is 0.220 e. The lowest BCUT2D eigenvalue weighted by atomic mass is 9.93. The van der Waals surface area contributed by atoms with Gasteiger partial charge in [-0.25, -0.2) is 0 Å². The Morgan fingerprint density at radius 3 is 2.55 bits per heavy atom. The Kier molecular flexibility index (Phi) is 9.04. The molecule has 3 rings (SSSR count). The smallest absolute Gasteiger partial charge is 0.220 e. The fraction of sp³-hybridized carbons (Fsp3) is 0.636. The molecule has 0 radical (unpaired) electrons. The van der Waals surface area contributed by atoms with E-state index in [0.717, 1.165) is 63.6 Å². The summed E-state index contributed by atoms with van der Waals surface area (Å²) in [5, 5.41) is 6.20. The van der Waals surface area contributed by atoms with Crippen molar-refractivity contribution < 1.29 is 9.53 Å². The number of amides is 1. The standard InChI is InChI=1S/C22H34N4O2.HI/c1-4-24-21(26-13-9-17(10-14-26)15-20(27)23-2)25-16-22(11-12-22)18-7-5-6-8-19(18)28-3;/h5-8,17H,4,9-16H2,1-3H3,(H,23,27)(H,24,25);1H. The Balaban J connectivity index is 0.00000300. The van der Waals surface area contributed by atoms with Crippen molar-refractivity contribution >= 4 is 35.8 Å². The molecule has 1 aromatic carbocycles. The van der Waals surface area contributed by atoms with E-state index in [2.05, 4.69) is 34.6 Å². The number of aliphatic imine (C=N–C) groups is 1. The lowest BCUT2D eigenvalue weighted by Gasteiger charge is -2.34. The van der Waals surface area contributed by atoms with Gasteiger partial charge in [0.1, 0.15) is 5.75 Å². The number of benzene rings is 1. The number of methoxy groups -OCH3 is 1. The van der Waals surface area contributed by atoms with E-state index in [1.807, 2.05) is 12.1 Å². The minimum absolute atomic E-state index is 0. The van der Waals surface area contributed by atoms with Crippen molar-refractivity contribution in [2.75, 3.05) is 40.3 Å². The van der Waals surface area contributed by atoms with E-state index in [9.17, 15) is 4.79 Å². The minimum atomic E-state index is 0. The third-order valence-electron chi connectivity index (χ3n) is 6.07. The minimum Gasteiger partial charge on any atom is -0.496 e. The highest BCUT2D eigenvalue weighted by Gasteiger charge is 2.46. The zero-order valence-electron chi connectivity index (χ0n) is 17.9. The number of piperidine rings is 1. The van der Waals surface area contributed by atoms with Gasteiger partial charge in [-0.2, -0.15) is 0 Å². The molecule has 0 atom stereocenters. The average molecular weight is 514 g/mol. The van der Waals surface area contributed by atoms with E-state index in [1.165, 1.54) is 5.56 Å².